The molecule has 9 heteroatoms. The lowest BCUT2D eigenvalue weighted by molar-refractivity contribution is 0.592. The number of nitrogens with two attached hydrogens (primary N) is 1. The minimum Gasteiger partial charge on any atom is -0.399 e. The molecular weight excluding hydrogens is 431 g/mol. The second kappa shape index (κ2) is 7.51. The molecule has 0 aliphatic heterocycles. The number of nitrogens with zero attached hydrogens (tertiary/aromatic N) is 3. The Kier molecular flexibility index (Phi) is 5.04. The number of halogens is 2. The number of nitrogen functional groups attached to an aromatic ring is 1. The number of sulfone groups is 1. The third-order valence-corrected chi connectivity index (χ3v) is 6.45. The van der Waals surface area contributed by atoms with Gasteiger partial charge in [-0.1, -0.05) is 40.5 Å². The molecule has 0 spiro atoms. The monoisotopic (exact) mass is 444 g/mol. The first-order chi connectivity index (χ1) is 13.9. The summed E-state index contributed by atoms with van der Waals surface area (Å²) < 4.78 is 28.1. The molecule has 4 rings (SSSR count). The number of benzene rings is 3. The molecule has 0 radical (unpaired) electrons. The number of anilines is 1. The van der Waals surface area contributed by atoms with Crippen molar-refractivity contribution in [2.45, 2.75) is 9.92 Å². The molecule has 0 unspecified atom stereocenters. The van der Waals surface area contributed by atoms with E-state index in [1.807, 2.05) is 0 Å². The van der Waals surface area contributed by atoms with Crippen molar-refractivity contribution in [2.24, 2.45) is 0 Å². The van der Waals surface area contributed by atoms with E-state index >= 15 is 0 Å². The predicted molar refractivity (Wildman–Crippen MR) is 113 cm³/mol. The van der Waals surface area contributed by atoms with Crippen molar-refractivity contribution < 1.29 is 8.42 Å². The van der Waals surface area contributed by atoms with Crippen LogP contribution in [0.2, 0.25) is 10.0 Å². The van der Waals surface area contributed by atoms with Crippen LogP contribution in [0.3, 0.4) is 0 Å². The molecule has 3 aromatic carbocycles. The highest BCUT2D eigenvalue weighted by molar-refractivity contribution is 7.91. The van der Waals surface area contributed by atoms with Crippen LogP contribution >= 0.6 is 23.2 Å². The zero-order chi connectivity index (χ0) is 20.6. The first-order valence-electron chi connectivity index (χ1n) is 8.44. The summed E-state index contributed by atoms with van der Waals surface area (Å²) in [5.74, 6) is 0. The second-order valence-corrected chi connectivity index (χ2v) is 8.95. The molecule has 6 nitrogen and oxygen atoms in total. The van der Waals surface area contributed by atoms with Crippen molar-refractivity contribution in [1.29, 1.82) is 0 Å². The Morgan fingerprint density at radius 3 is 1.93 bits per heavy atom. The lowest BCUT2D eigenvalue weighted by atomic mass is 10.1. The Labute approximate surface area is 177 Å². The average Bonchev–Trinajstić information content (AvgIpc) is 3.15. The highest BCUT2D eigenvalue weighted by Gasteiger charge is 2.29. The van der Waals surface area contributed by atoms with Crippen LogP contribution in [0.15, 0.2) is 82.7 Å². The Morgan fingerprint density at radius 2 is 1.34 bits per heavy atom. The summed E-state index contributed by atoms with van der Waals surface area (Å²) in [6, 6.07) is 19.6. The summed E-state index contributed by atoms with van der Waals surface area (Å²) in [5.41, 5.74) is 7.89. The van der Waals surface area contributed by atoms with Crippen LogP contribution in [0, 0.1) is 0 Å². The van der Waals surface area contributed by atoms with E-state index in [4.69, 9.17) is 28.9 Å². The standard InChI is InChI=1S/C20H14Cl2N4O2S/c21-14-3-1-13(2-4-14)19-20(29(27,28)18-11-5-15(22)6-12-18)24-25-26(19)17-9-7-16(23)8-10-17/h1-12H,23H2. The molecule has 29 heavy (non-hydrogen) atoms. The van der Waals surface area contributed by atoms with Gasteiger partial charge in [0.2, 0.25) is 14.9 Å². The number of rotatable bonds is 4. The number of aromatic nitrogens is 3. The molecule has 0 aliphatic rings. The topological polar surface area (TPSA) is 90.9 Å². The third-order valence-electron chi connectivity index (χ3n) is 4.27. The fourth-order valence-corrected chi connectivity index (χ4v) is 4.40. The van der Waals surface area contributed by atoms with Crippen molar-refractivity contribution >= 4 is 38.7 Å². The van der Waals surface area contributed by atoms with Crippen LogP contribution in [0.5, 0.6) is 0 Å². The van der Waals surface area contributed by atoms with Crippen LogP contribution < -0.4 is 5.73 Å². The van der Waals surface area contributed by atoms with Crippen molar-refractivity contribution in [3.05, 3.63) is 82.8 Å². The van der Waals surface area contributed by atoms with Gasteiger partial charge in [0.15, 0.2) is 0 Å². The fourth-order valence-electron chi connectivity index (χ4n) is 2.82. The molecule has 146 valence electrons. The molecule has 0 aliphatic carbocycles. The van der Waals surface area contributed by atoms with Gasteiger partial charge in [0, 0.05) is 21.3 Å². The van der Waals surface area contributed by atoms with E-state index in [0.717, 1.165) is 0 Å². The van der Waals surface area contributed by atoms with Gasteiger partial charge in [0.25, 0.3) is 0 Å². The maximum absolute atomic E-state index is 13.3. The summed E-state index contributed by atoms with van der Waals surface area (Å²) in [7, 11) is -3.95. The molecule has 1 aromatic heterocycles. The van der Waals surface area contributed by atoms with E-state index in [1.165, 1.54) is 28.9 Å². The molecular formula is C20H14Cl2N4O2S. The van der Waals surface area contributed by atoms with Crippen molar-refractivity contribution in [3.63, 3.8) is 0 Å². The predicted octanol–water partition coefficient (Wildman–Crippen LogP) is 4.66. The van der Waals surface area contributed by atoms with Crippen LogP contribution in [0.4, 0.5) is 5.69 Å². The molecule has 4 aromatic rings. The first kappa shape index (κ1) is 19.4. The van der Waals surface area contributed by atoms with E-state index in [9.17, 15) is 8.42 Å². The molecule has 1 heterocycles. The molecule has 0 saturated heterocycles. The van der Waals surface area contributed by atoms with Gasteiger partial charge < -0.3 is 5.73 Å². The highest BCUT2D eigenvalue weighted by atomic mass is 35.5. The summed E-state index contributed by atoms with van der Waals surface area (Å²) in [5, 5.41) is 8.92. The largest absolute Gasteiger partial charge is 0.399 e. The SMILES string of the molecule is Nc1ccc(-n2nnc(S(=O)(=O)c3ccc(Cl)cc3)c2-c2ccc(Cl)cc2)cc1. The summed E-state index contributed by atoms with van der Waals surface area (Å²) in [6.07, 6.45) is 0. The zero-order valence-corrected chi connectivity index (χ0v) is 17.2. The van der Waals surface area contributed by atoms with Crippen LogP contribution in [0.25, 0.3) is 16.9 Å². The van der Waals surface area contributed by atoms with Gasteiger partial charge in [0.1, 0.15) is 5.69 Å². The van der Waals surface area contributed by atoms with Gasteiger partial charge in [-0.25, -0.2) is 13.1 Å². The van der Waals surface area contributed by atoms with Gasteiger partial charge in [0.05, 0.1) is 10.6 Å². The molecule has 2 N–H and O–H groups in total. The summed E-state index contributed by atoms with van der Waals surface area (Å²) in [4.78, 5) is 0.0708. The normalized spacial score (nSPS) is 11.5. The Balaban J connectivity index is 1.96. The van der Waals surface area contributed by atoms with E-state index in [-0.39, 0.29) is 9.92 Å². The van der Waals surface area contributed by atoms with Gasteiger partial charge in [-0.3, -0.25) is 0 Å². The van der Waals surface area contributed by atoms with Crippen LogP contribution in [-0.2, 0) is 9.84 Å². The van der Waals surface area contributed by atoms with Crippen molar-refractivity contribution in [3.8, 4) is 16.9 Å². The molecule has 0 fully saturated rings. The quantitative estimate of drug-likeness (QED) is 0.462. The second-order valence-electron chi connectivity index (χ2n) is 6.21. The van der Waals surface area contributed by atoms with E-state index in [1.54, 1.807) is 48.5 Å². The molecule has 0 saturated carbocycles. The molecule has 0 amide bonds. The van der Waals surface area contributed by atoms with E-state index < -0.39 is 9.84 Å². The smallest absolute Gasteiger partial charge is 0.227 e. The third kappa shape index (κ3) is 3.72. The lowest BCUT2D eigenvalue weighted by Crippen LogP contribution is -2.06. The molecule has 0 bridgehead atoms. The van der Waals surface area contributed by atoms with Crippen LogP contribution in [0.1, 0.15) is 0 Å². The minimum absolute atomic E-state index is 0.0708. The van der Waals surface area contributed by atoms with Crippen molar-refractivity contribution in [2.75, 3.05) is 5.73 Å². The zero-order valence-electron chi connectivity index (χ0n) is 14.8. The van der Waals surface area contributed by atoms with E-state index in [2.05, 4.69) is 10.3 Å². The van der Waals surface area contributed by atoms with E-state index in [0.29, 0.717) is 32.7 Å². The number of hydrogen-bond acceptors (Lipinski definition) is 5. The Hall–Kier alpha value is -2.87. The maximum Gasteiger partial charge on any atom is 0.227 e. The first-order valence-corrected chi connectivity index (χ1v) is 10.7. The maximum atomic E-state index is 13.3. The van der Waals surface area contributed by atoms with Crippen molar-refractivity contribution in [1.82, 2.24) is 15.0 Å². The molecule has 0 atom stereocenters. The lowest BCUT2D eigenvalue weighted by Gasteiger charge is -2.10. The van der Waals surface area contributed by atoms with Gasteiger partial charge in [-0.05, 0) is 60.7 Å². The Bertz CT molecular complexity index is 1270. The highest BCUT2D eigenvalue weighted by Crippen LogP contribution is 2.32. The summed E-state index contributed by atoms with van der Waals surface area (Å²) >= 11 is 11.9. The van der Waals surface area contributed by atoms with Gasteiger partial charge >= 0.3 is 0 Å². The van der Waals surface area contributed by atoms with Gasteiger partial charge in [-0.15, -0.1) is 5.10 Å². The number of hydrogen-bond donors (Lipinski definition) is 1. The average molecular weight is 445 g/mol. The van der Waals surface area contributed by atoms with Gasteiger partial charge in [-0.2, -0.15) is 0 Å². The minimum atomic E-state index is -3.95. The fraction of sp³-hybridized carbons (Fsp3) is 0. The van der Waals surface area contributed by atoms with Crippen LogP contribution in [-0.4, -0.2) is 23.4 Å². The summed E-state index contributed by atoms with van der Waals surface area (Å²) in [6.45, 7) is 0. The Morgan fingerprint density at radius 1 is 0.793 bits per heavy atom.